The number of ether oxygens (including phenoxy) is 1. The van der Waals surface area contributed by atoms with Gasteiger partial charge in [-0.3, -0.25) is 4.90 Å². The molecular weight excluding hydrogens is 408 g/mol. The van der Waals surface area contributed by atoms with Gasteiger partial charge in [-0.25, -0.2) is 9.52 Å². The largest absolute Gasteiger partial charge is 0.497 e. The molecule has 3 rings (SSSR count). The second-order valence-corrected chi connectivity index (χ2v) is 9.81. The molecule has 3 N–H and O–H groups in total. The first-order chi connectivity index (χ1) is 14.2. The van der Waals surface area contributed by atoms with Crippen LogP contribution in [0.5, 0.6) is 5.75 Å². The summed E-state index contributed by atoms with van der Waals surface area (Å²) in [5, 5.41) is 8.78. The predicted molar refractivity (Wildman–Crippen MR) is 114 cm³/mol. The van der Waals surface area contributed by atoms with Crippen LogP contribution in [-0.4, -0.2) is 82.3 Å². The molecule has 10 heteroatoms. The highest BCUT2D eigenvalue weighted by Crippen LogP contribution is 2.41. The van der Waals surface area contributed by atoms with Gasteiger partial charge in [0.25, 0.3) is 0 Å². The number of carbonyl (C=O) groups is 1. The lowest BCUT2D eigenvalue weighted by atomic mass is 9.68. The van der Waals surface area contributed by atoms with Crippen LogP contribution in [-0.2, 0) is 15.6 Å². The predicted octanol–water partition coefficient (Wildman–Crippen LogP) is 1.23. The summed E-state index contributed by atoms with van der Waals surface area (Å²) in [5.74, 6) is 0.722. The number of benzene rings is 1. The third-order valence-corrected chi connectivity index (χ3v) is 7.44. The van der Waals surface area contributed by atoms with E-state index in [0.717, 1.165) is 63.2 Å². The maximum absolute atomic E-state index is 12.1. The molecule has 1 amide bonds. The molecule has 168 valence electrons. The van der Waals surface area contributed by atoms with E-state index in [1.165, 1.54) is 0 Å². The topological polar surface area (TPSA) is 111 Å². The molecule has 1 aromatic rings. The smallest absolute Gasteiger partial charge is 0.419 e. The molecule has 2 aliphatic rings. The molecule has 0 atom stereocenters. The Balaban J connectivity index is 1.76. The lowest BCUT2D eigenvalue weighted by Gasteiger charge is -2.46. The van der Waals surface area contributed by atoms with Crippen LogP contribution in [0.15, 0.2) is 24.3 Å². The Kier molecular flexibility index (Phi) is 7.22. The Morgan fingerprint density at radius 2 is 1.90 bits per heavy atom. The molecule has 1 aliphatic carbocycles. The highest BCUT2D eigenvalue weighted by molar-refractivity contribution is 7.88. The minimum Gasteiger partial charge on any atom is -0.497 e. The minimum atomic E-state index is -4.13. The fourth-order valence-electron chi connectivity index (χ4n) is 4.61. The van der Waals surface area contributed by atoms with E-state index in [2.05, 4.69) is 21.6 Å². The molecule has 9 nitrogen and oxygen atoms in total. The summed E-state index contributed by atoms with van der Waals surface area (Å²) in [7, 11) is -0.380. The normalized spacial score (nSPS) is 26.3. The van der Waals surface area contributed by atoms with Crippen LogP contribution in [0.3, 0.4) is 0 Å². The van der Waals surface area contributed by atoms with Crippen molar-refractivity contribution in [3.8, 4) is 5.75 Å². The highest BCUT2D eigenvalue weighted by atomic mass is 32.2. The fraction of sp³-hybridized carbons (Fsp3) is 0.650. The van der Waals surface area contributed by atoms with E-state index in [0.29, 0.717) is 6.04 Å². The number of likely N-dealkylation sites (N-methyl/N-ethyl adjacent to an activating group) is 1. The highest BCUT2D eigenvalue weighted by Gasteiger charge is 2.40. The van der Waals surface area contributed by atoms with Crippen molar-refractivity contribution in [2.24, 2.45) is 0 Å². The van der Waals surface area contributed by atoms with Crippen molar-refractivity contribution in [1.29, 1.82) is 0 Å². The third-order valence-electron chi connectivity index (χ3n) is 6.47. The van der Waals surface area contributed by atoms with Crippen molar-refractivity contribution in [2.75, 3.05) is 46.9 Å². The zero-order chi connectivity index (χ0) is 21.8. The number of nitrogens with one attached hydrogen (secondary N) is 2. The van der Waals surface area contributed by atoms with E-state index in [9.17, 15) is 13.2 Å². The number of methoxy groups -OCH3 is 1. The van der Waals surface area contributed by atoms with E-state index in [1.807, 2.05) is 24.3 Å². The van der Waals surface area contributed by atoms with Gasteiger partial charge in [0.05, 0.1) is 7.11 Å². The molecule has 0 bridgehead atoms. The minimum absolute atomic E-state index is 0.137. The second kappa shape index (κ2) is 9.51. The van der Waals surface area contributed by atoms with Gasteiger partial charge in [0.2, 0.25) is 0 Å². The van der Waals surface area contributed by atoms with Gasteiger partial charge in [0, 0.05) is 44.2 Å². The monoisotopic (exact) mass is 440 g/mol. The van der Waals surface area contributed by atoms with Crippen LogP contribution in [0.1, 0.15) is 31.2 Å². The van der Waals surface area contributed by atoms with Crippen molar-refractivity contribution in [3.63, 3.8) is 0 Å². The first-order valence-electron chi connectivity index (χ1n) is 10.3. The SMILES string of the molecule is COc1cccc(C2(CNS(=O)(=O)NC(=O)O)CCC(N3CCN(C)CC3)CC2)c1. The number of hydrogen-bond donors (Lipinski definition) is 3. The molecule has 0 aromatic heterocycles. The lowest BCUT2D eigenvalue weighted by Crippen LogP contribution is -2.53. The molecule has 0 unspecified atom stereocenters. The van der Waals surface area contributed by atoms with Crippen molar-refractivity contribution in [3.05, 3.63) is 29.8 Å². The van der Waals surface area contributed by atoms with E-state index < -0.39 is 21.7 Å². The molecule has 2 fully saturated rings. The van der Waals surface area contributed by atoms with Crippen LogP contribution in [0.4, 0.5) is 4.79 Å². The van der Waals surface area contributed by atoms with Crippen molar-refractivity contribution in [1.82, 2.24) is 19.2 Å². The van der Waals surface area contributed by atoms with E-state index >= 15 is 0 Å². The van der Waals surface area contributed by atoms with Crippen LogP contribution in [0, 0.1) is 0 Å². The lowest BCUT2D eigenvalue weighted by molar-refractivity contribution is 0.0751. The van der Waals surface area contributed by atoms with Gasteiger partial charge in [0.15, 0.2) is 0 Å². The number of carboxylic acid groups (broad SMARTS) is 1. The first-order valence-corrected chi connectivity index (χ1v) is 11.8. The summed E-state index contributed by atoms with van der Waals surface area (Å²) in [5.41, 5.74) is 0.599. The zero-order valence-corrected chi connectivity index (χ0v) is 18.5. The van der Waals surface area contributed by atoms with Gasteiger partial charge >= 0.3 is 16.3 Å². The maximum Gasteiger partial charge on any atom is 0.419 e. The number of hydrogen-bond acceptors (Lipinski definition) is 6. The molecule has 0 radical (unpaired) electrons. The quantitative estimate of drug-likeness (QED) is 0.585. The second-order valence-electron chi connectivity index (χ2n) is 8.31. The summed E-state index contributed by atoms with van der Waals surface area (Å²) in [6.45, 7) is 4.39. The van der Waals surface area contributed by atoms with E-state index in [1.54, 1.807) is 11.8 Å². The van der Waals surface area contributed by atoms with Crippen LogP contribution in [0.25, 0.3) is 0 Å². The van der Waals surface area contributed by atoms with E-state index in [4.69, 9.17) is 9.84 Å². The van der Waals surface area contributed by atoms with Gasteiger partial charge in [-0.05, 0) is 50.4 Å². The van der Waals surface area contributed by atoms with Gasteiger partial charge in [-0.2, -0.15) is 13.1 Å². The number of amides is 1. The summed E-state index contributed by atoms with van der Waals surface area (Å²) < 4.78 is 33.5. The fourth-order valence-corrected chi connectivity index (χ4v) is 5.38. The molecule has 1 aromatic carbocycles. The Bertz CT molecular complexity index is 831. The van der Waals surface area contributed by atoms with Crippen molar-refractivity contribution in [2.45, 2.75) is 37.1 Å². The number of rotatable bonds is 7. The molecule has 0 spiro atoms. The summed E-state index contributed by atoms with van der Waals surface area (Å²) >= 11 is 0. The first kappa shape index (κ1) is 22.8. The van der Waals surface area contributed by atoms with E-state index in [-0.39, 0.29) is 6.54 Å². The van der Waals surface area contributed by atoms with Gasteiger partial charge in [-0.1, -0.05) is 12.1 Å². The maximum atomic E-state index is 12.1. The van der Waals surface area contributed by atoms with Gasteiger partial charge in [-0.15, -0.1) is 0 Å². The van der Waals surface area contributed by atoms with Crippen molar-refractivity contribution < 1.29 is 23.1 Å². The average molecular weight is 441 g/mol. The molecule has 1 saturated carbocycles. The molecule has 1 aliphatic heterocycles. The summed E-state index contributed by atoms with van der Waals surface area (Å²) in [6, 6.07) is 8.22. The average Bonchev–Trinajstić information content (AvgIpc) is 2.72. The molecule has 30 heavy (non-hydrogen) atoms. The number of piperazine rings is 1. The Morgan fingerprint density at radius 1 is 1.23 bits per heavy atom. The zero-order valence-electron chi connectivity index (χ0n) is 17.6. The van der Waals surface area contributed by atoms with Crippen LogP contribution < -0.4 is 14.2 Å². The molecule has 1 saturated heterocycles. The van der Waals surface area contributed by atoms with Crippen molar-refractivity contribution >= 4 is 16.3 Å². The van der Waals surface area contributed by atoms with Gasteiger partial charge in [0.1, 0.15) is 5.75 Å². The molecular formula is C20H32N4O5S. The third kappa shape index (κ3) is 5.63. The Morgan fingerprint density at radius 3 is 2.50 bits per heavy atom. The summed E-state index contributed by atoms with van der Waals surface area (Å²) in [6.07, 6.45) is 1.96. The molecule has 1 heterocycles. The standard InChI is InChI=1S/C20H32N4O5S/c1-23-10-12-24(13-11-23)17-6-8-20(9-7-17,15-21-30(27,28)22-19(25)26)16-4-3-5-18(14-16)29-2/h3-5,14,17,21-22H,6-13,15H2,1-2H3,(H,25,26). The van der Waals surface area contributed by atoms with Crippen LogP contribution in [0.2, 0.25) is 0 Å². The van der Waals surface area contributed by atoms with Gasteiger partial charge < -0.3 is 14.7 Å². The summed E-state index contributed by atoms with van der Waals surface area (Å²) in [4.78, 5) is 15.7. The Hall–Kier alpha value is -1.88. The van der Waals surface area contributed by atoms with Crippen LogP contribution >= 0.6 is 0 Å². The Labute approximate surface area is 178 Å². The number of nitrogens with zero attached hydrogens (tertiary/aromatic N) is 2.